The van der Waals surface area contributed by atoms with Gasteiger partial charge in [0.05, 0.1) is 17.0 Å². The maximum Gasteiger partial charge on any atom is 0.224 e. The number of nitrogens with zero attached hydrogens (tertiary/aromatic N) is 2. The minimum absolute atomic E-state index is 0.0505. The van der Waals surface area contributed by atoms with E-state index in [1.165, 1.54) is 4.31 Å². The van der Waals surface area contributed by atoms with Gasteiger partial charge in [0.2, 0.25) is 15.9 Å². The summed E-state index contributed by atoms with van der Waals surface area (Å²) in [7, 11) is -3.27. The van der Waals surface area contributed by atoms with Gasteiger partial charge in [-0.2, -0.15) is 0 Å². The fourth-order valence-electron chi connectivity index (χ4n) is 3.70. The summed E-state index contributed by atoms with van der Waals surface area (Å²) >= 11 is 0. The second kappa shape index (κ2) is 9.05. The maximum atomic E-state index is 13.0. The standard InChI is InChI=1S/C22H29N3O3S/c1-16(2)29(27,28)25-14-11-18(12-15-25)22(26)24-21(20-10-6-7-13-23-20)19-9-5-4-8-17(19)3/h4-10,13,16,18,21H,11-12,14-15H2,1-3H3,(H,24,26). The Kier molecular flexibility index (Phi) is 6.70. The Labute approximate surface area is 173 Å². The molecule has 1 aromatic carbocycles. The van der Waals surface area contributed by atoms with Crippen molar-refractivity contribution < 1.29 is 13.2 Å². The monoisotopic (exact) mass is 415 g/mol. The number of hydrogen-bond donors (Lipinski definition) is 1. The van der Waals surface area contributed by atoms with Crippen LogP contribution in [0.25, 0.3) is 0 Å². The van der Waals surface area contributed by atoms with Gasteiger partial charge in [-0.1, -0.05) is 30.3 Å². The van der Waals surface area contributed by atoms with Crippen molar-refractivity contribution in [2.24, 2.45) is 5.92 Å². The van der Waals surface area contributed by atoms with Gasteiger partial charge in [0.15, 0.2) is 0 Å². The van der Waals surface area contributed by atoms with Crippen LogP contribution in [0.4, 0.5) is 0 Å². The highest BCUT2D eigenvalue weighted by Crippen LogP contribution is 2.26. The molecule has 0 saturated carbocycles. The van der Waals surface area contributed by atoms with Gasteiger partial charge in [-0.3, -0.25) is 9.78 Å². The predicted molar refractivity (Wildman–Crippen MR) is 114 cm³/mol. The number of carbonyl (C=O) groups excluding carboxylic acids is 1. The Morgan fingerprint density at radius 2 is 1.76 bits per heavy atom. The van der Waals surface area contributed by atoms with Crippen LogP contribution in [0.15, 0.2) is 48.7 Å². The zero-order valence-corrected chi connectivity index (χ0v) is 18.0. The molecule has 0 spiro atoms. The van der Waals surface area contributed by atoms with Gasteiger partial charge in [-0.25, -0.2) is 12.7 Å². The largest absolute Gasteiger partial charge is 0.343 e. The zero-order chi connectivity index (χ0) is 21.0. The Balaban J connectivity index is 1.74. The fourth-order valence-corrected chi connectivity index (χ4v) is 5.02. The van der Waals surface area contributed by atoms with Crippen LogP contribution in [0.2, 0.25) is 0 Å². The summed E-state index contributed by atoms with van der Waals surface area (Å²) in [5.74, 6) is -0.255. The van der Waals surface area contributed by atoms with E-state index in [0.29, 0.717) is 25.9 Å². The summed E-state index contributed by atoms with van der Waals surface area (Å²) in [4.78, 5) is 17.5. The smallest absolute Gasteiger partial charge is 0.224 e. The van der Waals surface area contributed by atoms with Crippen molar-refractivity contribution >= 4 is 15.9 Å². The Morgan fingerprint density at radius 3 is 2.34 bits per heavy atom. The molecular weight excluding hydrogens is 386 g/mol. The molecule has 1 aliphatic heterocycles. The van der Waals surface area contributed by atoms with E-state index in [4.69, 9.17) is 0 Å². The van der Waals surface area contributed by atoms with E-state index < -0.39 is 15.3 Å². The number of amides is 1. The van der Waals surface area contributed by atoms with Crippen LogP contribution in [0.1, 0.15) is 49.6 Å². The lowest BCUT2D eigenvalue weighted by molar-refractivity contribution is -0.126. The van der Waals surface area contributed by atoms with Crippen molar-refractivity contribution in [3.63, 3.8) is 0 Å². The molecule has 29 heavy (non-hydrogen) atoms. The van der Waals surface area contributed by atoms with Crippen molar-refractivity contribution in [2.45, 2.75) is 44.9 Å². The van der Waals surface area contributed by atoms with Gasteiger partial charge < -0.3 is 5.32 Å². The average Bonchev–Trinajstić information content (AvgIpc) is 2.73. The lowest BCUT2D eigenvalue weighted by Crippen LogP contribution is -2.45. The van der Waals surface area contributed by atoms with Crippen molar-refractivity contribution in [1.82, 2.24) is 14.6 Å². The number of hydrogen-bond acceptors (Lipinski definition) is 4. The normalized spacial score (nSPS) is 17.2. The molecule has 1 atom stereocenters. The molecule has 1 N–H and O–H groups in total. The highest BCUT2D eigenvalue weighted by Gasteiger charge is 2.33. The number of pyridine rings is 1. The molecule has 1 aromatic heterocycles. The van der Waals surface area contributed by atoms with E-state index in [-0.39, 0.29) is 17.9 Å². The van der Waals surface area contributed by atoms with Crippen LogP contribution in [-0.4, -0.2) is 42.0 Å². The van der Waals surface area contributed by atoms with E-state index in [1.807, 2.05) is 49.4 Å². The van der Waals surface area contributed by atoms with Gasteiger partial charge in [0.25, 0.3) is 0 Å². The van der Waals surface area contributed by atoms with E-state index in [2.05, 4.69) is 10.3 Å². The van der Waals surface area contributed by atoms with E-state index in [9.17, 15) is 13.2 Å². The van der Waals surface area contributed by atoms with Crippen LogP contribution in [-0.2, 0) is 14.8 Å². The minimum atomic E-state index is -3.27. The molecule has 2 heterocycles. The zero-order valence-electron chi connectivity index (χ0n) is 17.2. The second-order valence-electron chi connectivity index (χ2n) is 7.82. The number of piperidine rings is 1. The lowest BCUT2D eigenvalue weighted by atomic mass is 9.94. The minimum Gasteiger partial charge on any atom is -0.343 e. The third kappa shape index (κ3) is 4.85. The number of sulfonamides is 1. The van der Waals surface area contributed by atoms with Crippen molar-refractivity contribution in [1.29, 1.82) is 0 Å². The number of nitrogens with one attached hydrogen (secondary N) is 1. The van der Waals surface area contributed by atoms with Crippen LogP contribution in [0, 0.1) is 12.8 Å². The first-order chi connectivity index (χ1) is 13.8. The maximum absolute atomic E-state index is 13.0. The van der Waals surface area contributed by atoms with Gasteiger partial charge >= 0.3 is 0 Å². The molecular formula is C22H29N3O3S. The van der Waals surface area contributed by atoms with E-state index in [0.717, 1.165) is 16.8 Å². The van der Waals surface area contributed by atoms with Crippen LogP contribution >= 0.6 is 0 Å². The van der Waals surface area contributed by atoms with Crippen molar-refractivity contribution in [3.05, 3.63) is 65.5 Å². The molecule has 1 amide bonds. The Morgan fingerprint density at radius 1 is 1.10 bits per heavy atom. The fraction of sp³-hybridized carbons (Fsp3) is 0.455. The first-order valence-electron chi connectivity index (χ1n) is 10.1. The van der Waals surface area contributed by atoms with Gasteiger partial charge in [0.1, 0.15) is 0 Å². The van der Waals surface area contributed by atoms with Gasteiger partial charge in [-0.15, -0.1) is 0 Å². The van der Waals surface area contributed by atoms with Crippen LogP contribution in [0.3, 0.4) is 0 Å². The molecule has 1 unspecified atom stereocenters. The molecule has 0 bridgehead atoms. The summed E-state index contributed by atoms with van der Waals surface area (Å²) in [5.41, 5.74) is 2.88. The summed E-state index contributed by atoms with van der Waals surface area (Å²) in [6, 6.07) is 13.3. The first kappa shape index (κ1) is 21.5. The van der Waals surface area contributed by atoms with E-state index in [1.54, 1.807) is 20.0 Å². The molecule has 1 aliphatic rings. The molecule has 1 saturated heterocycles. The predicted octanol–water partition coefficient (Wildman–Crippen LogP) is 3.05. The molecule has 156 valence electrons. The lowest BCUT2D eigenvalue weighted by Gasteiger charge is -2.32. The highest BCUT2D eigenvalue weighted by molar-refractivity contribution is 7.89. The number of aryl methyl sites for hydroxylation is 1. The van der Waals surface area contributed by atoms with Crippen LogP contribution < -0.4 is 5.32 Å². The number of carbonyl (C=O) groups is 1. The second-order valence-corrected chi connectivity index (χ2v) is 10.3. The number of rotatable bonds is 6. The summed E-state index contributed by atoms with van der Waals surface area (Å²) in [5, 5.41) is 2.72. The average molecular weight is 416 g/mol. The Bertz CT molecular complexity index is 937. The third-order valence-electron chi connectivity index (χ3n) is 5.55. The quantitative estimate of drug-likeness (QED) is 0.786. The first-order valence-corrected chi connectivity index (χ1v) is 11.6. The molecule has 3 rings (SSSR count). The molecule has 0 aliphatic carbocycles. The van der Waals surface area contributed by atoms with Crippen LogP contribution in [0.5, 0.6) is 0 Å². The van der Waals surface area contributed by atoms with Crippen molar-refractivity contribution in [3.8, 4) is 0 Å². The summed E-state index contributed by atoms with van der Waals surface area (Å²) in [6.07, 6.45) is 2.78. The molecule has 7 heteroatoms. The van der Waals surface area contributed by atoms with E-state index >= 15 is 0 Å². The SMILES string of the molecule is Cc1ccccc1C(NC(=O)C1CCN(S(=O)(=O)C(C)C)CC1)c1ccccn1. The summed E-state index contributed by atoms with van der Waals surface area (Å²) < 4.78 is 26.2. The van der Waals surface area contributed by atoms with Gasteiger partial charge in [-0.05, 0) is 56.9 Å². The highest BCUT2D eigenvalue weighted by atomic mass is 32.2. The molecule has 0 radical (unpaired) electrons. The molecule has 6 nitrogen and oxygen atoms in total. The van der Waals surface area contributed by atoms with Gasteiger partial charge in [0, 0.05) is 25.2 Å². The topological polar surface area (TPSA) is 79.4 Å². The number of benzene rings is 1. The summed E-state index contributed by atoms with van der Waals surface area (Å²) in [6.45, 7) is 6.17. The molecule has 1 fully saturated rings. The third-order valence-corrected chi connectivity index (χ3v) is 7.83. The molecule has 2 aromatic rings. The Hall–Kier alpha value is -2.25. The number of aromatic nitrogens is 1. The van der Waals surface area contributed by atoms with Crippen molar-refractivity contribution in [2.75, 3.05) is 13.1 Å².